The lowest BCUT2D eigenvalue weighted by Crippen LogP contribution is -2.50. The van der Waals surface area contributed by atoms with Gasteiger partial charge in [0.25, 0.3) is 0 Å². The van der Waals surface area contributed by atoms with Crippen LogP contribution in [-0.2, 0) is 4.74 Å². The molecule has 7 heteroatoms. The first-order valence-electron chi connectivity index (χ1n) is 8.90. The SMILES string of the molecule is CCOC(=O)c1ccc(N2CCN(C(=O)Nc3cccc(Cl)c3)CC2)cc1. The van der Waals surface area contributed by atoms with Crippen LogP contribution in [0.3, 0.4) is 0 Å². The van der Waals surface area contributed by atoms with Crippen LogP contribution in [0.1, 0.15) is 17.3 Å². The Balaban J connectivity index is 1.54. The van der Waals surface area contributed by atoms with Gasteiger partial charge in [0.05, 0.1) is 12.2 Å². The molecule has 1 heterocycles. The zero-order chi connectivity index (χ0) is 19.2. The van der Waals surface area contributed by atoms with Gasteiger partial charge in [0.1, 0.15) is 0 Å². The lowest BCUT2D eigenvalue weighted by molar-refractivity contribution is 0.0526. The third kappa shape index (κ3) is 4.92. The minimum Gasteiger partial charge on any atom is -0.462 e. The molecule has 0 saturated carbocycles. The highest BCUT2D eigenvalue weighted by atomic mass is 35.5. The van der Waals surface area contributed by atoms with Gasteiger partial charge in [-0.05, 0) is 49.4 Å². The average Bonchev–Trinajstić information content (AvgIpc) is 2.68. The van der Waals surface area contributed by atoms with E-state index < -0.39 is 0 Å². The summed E-state index contributed by atoms with van der Waals surface area (Å²) in [5, 5.41) is 3.46. The standard InChI is InChI=1S/C20H22ClN3O3/c1-2-27-19(25)15-6-8-18(9-7-15)23-10-12-24(13-11-23)20(26)22-17-5-3-4-16(21)14-17/h3-9,14H,2,10-13H2,1H3,(H,22,26). The number of nitrogens with zero attached hydrogens (tertiary/aromatic N) is 2. The van der Waals surface area contributed by atoms with E-state index in [2.05, 4.69) is 10.2 Å². The van der Waals surface area contributed by atoms with Crippen LogP contribution in [0.5, 0.6) is 0 Å². The topological polar surface area (TPSA) is 61.9 Å². The van der Waals surface area contributed by atoms with E-state index in [9.17, 15) is 9.59 Å². The van der Waals surface area contributed by atoms with Crippen molar-refractivity contribution in [3.8, 4) is 0 Å². The summed E-state index contributed by atoms with van der Waals surface area (Å²) in [5.74, 6) is -0.313. The second-order valence-electron chi connectivity index (χ2n) is 6.18. The number of hydrogen-bond donors (Lipinski definition) is 1. The lowest BCUT2D eigenvalue weighted by Gasteiger charge is -2.36. The predicted octanol–water partition coefficient (Wildman–Crippen LogP) is 3.87. The second-order valence-corrected chi connectivity index (χ2v) is 6.62. The number of carbonyl (C=O) groups is 2. The van der Waals surface area contributed by atoms with E-state index in [4.69, 9.17) is 16.3 Å². The molecule has 0 aliphatic carbocycles. The molecule has 2 amide bonds. The Labute approximate surface area is 163 Å². The van der Waals surface area contributed by atoms with E-state index in [0.29, 0.717) is 36.0 Å². The number of piperazine rings is 1. The summed E-state index contributed by atoms with van der Waals surface area (Å²) in [6.45, 7) is 4.83. The summed E-state index contributed by atoms with van der Waals surface area (Å²) >= 11 is 5.95. The normalized spacial score (nSPS) is 14.0. The van der Waals surface area contributed by atoms with E-state index in [1.54, 1.807) is 42.2 Å². The van der Waals surface area contributed by atoms with Crippen LogP contribution in [0.25, 0.3) is 0 Å². The molecular weight excluding hydrogens is 366 g/mol. The Bertz CT molecular complexity index is 802. The molecule has 1 saturated heterocycles. The highest BCUT2D eigenvalue weighted by molar-refractivity contribution is 6.30. The van der Waals surface area contributed by atoms with E-state index in [0.717, 1.165) is 18.8 Å². The molecule has 2 aromatic rings. The largest absolute Gasteiger partial charge is 0.462 e. The fraction of sp³-hybridized carbons (Fsp3) is 0.300. The van der Waals surface area contributed by atoms with Crippen molar-refractivity contribution in [1.82, 2.24) is 4.90 Å². The number of carbonyl (C=O) groups excluding carboxylic acids is 2. The maximum Gasteiger partial charge on any atom is 0.338 e. The molecule has 0 spiro atoms. The number of amides is 2. The number of halogens is 1. The van der Waals surface area contributed by atoms with Gasteiger partial charge in [-0.25, -0.2) is 9.59 Å². The van der Waals surface area contributed by atoms with Gasteiger partial charge in [-0.1, -0.05) is 17.7 Å². The van der Waals surface area contributed by atoms with E-state index in [1.165, 1.54) is 0 Å². The number of anilines is 2. The minimum absolute atomic E-state index is 0.130. The second kappa shape index (κ2) is 8.77. The molecule has 6 nitrogen and oxygen atoms in total. The number of benzene rings is 2. The molecular formula is C20H22ClN3O3. The summed E-state index contributed by atoms with van der Waals surface area (Å²) in [7, 11) is 0. The number of ether oxygens (including phenoxy) is 1. The van der Waals surface area contributed by atoms with Crippen LogP contribution in [0.2, 0.25) is 5.02 Å². The number of nitrogens with one attached hydrogen (secondary N) is 1. The third-order valence-electron chi connectivity index (χ3n) is 4.39. The number of hydrogen-bond acceptors (Lipinski definition) is 4. The summed E-state index contributed by atoms with van der Waals surface area (Å²) in [6, 6.07) is 14.3. The maximum atomic E-state index is 12.4. The fourth-order valence-electron chi connectivity index (χ4n) is 2.96. The van der Waals surface area contributed by atoms with Crippen molar-refractivity contribution in [3.63, 3.8) is 0 Å². The van der Waals surface area contributed by atoms with Crippen molar-refractivity contribution in [2.45, 2.75) is 6.92 Å². The summed E-state index contributed by atoms with van der Waals surface area (Å²) in [6.07, 6.45) is 0. The van der Waals surface area contributed by atoms with Crippen molar-refractivity contribution >= 4 is 35.0 Å². The molecule has 0 unspecified atom stereocenters. The first-order valence-corrected chi connectivity index (χ1v) is 9.28. The third-order valence-corrected chi connectivity index (χ3v) is 4.62. The lowest BCUT2D eigenvalue weighted by atomic mass is 10.2. The molecule has 3 rings (SSSR count). The Morgan fingerprint density at radius 1 is 1.07 bits per heavy atom. The zero-order valence-electron chi connectivity index (χ0n) is 15.2. The van der Waals surface area contributed by atoms with Crippen LogP contribution in [0, 0.1) is 0 Å². The zero-order valence-corrected chi connectivity index (χ0v) is 15.9. The molecule has 1 aliphatic heterocycles. The molecule has 0 radical (unpaired) electrons. The van der Waals surface area contributed by atoms with Crippen LogP contribution >= 0.6 is 11.6 Å². The average molecular weight is 388 g/mol. The molecule has 0 atom stereocenters. The van der Waals surface area contributed by atoms with Crippen molar-refractivity contribution in [1.29, 1.82) is 0 Å². The molecule has 1 fully saturated rings. The van der Waals surface area contributed by atoms with Crippen LogP contribution in [0.4, 0.5) is 16.2 Å². The van der Waals surface area contributed by atoms with Crippen LogP contribution < -0.4 is 10.2 Å². The molecule has 142 valence electrons. The Kier molecular flexibility index (Phi) is 6.19. The van der Waals surface area contributed by atoms with Crippen molar-refractivity contribution < 1.29 is 14.3 Å². The molecule has 0 aromatic heterocycles. The Morgan fingerprint density at radius 3 is 2.41 bits per heavy atom. The number of esters is 1. The van der Waals surface area contributed by atoms with Crippen LogP contribution in [0.15, 0.2) is 48.5 Å². The molecule has 27 heavy (non-hydrogen) atoms. The Hall–Kier alpha value is -2.73. The summed E-state index contributed by atoms with van der Waals surface area (Å²) in [5.41, 5.74) is 2.25. The fourth-order valence-corrected chi connectivity index (χ4v) is 3.15. The van der Waals surface area contributed by atoms with Gasteiger partial charge in [0, 0.05) is 42.6 Å². The van der Waals surface area contributed by atoms with E-state index in [1.807, 2.05) is 18.2 Å². The summed E-state index contributed by atoms with van der Waals surface area (Å²) < 4.78 is 5.00. The van der Waals surface area contributed by atoms with Crippen molar-refractivity contribution in [2.75, 3.05) is 43.0 Å². The highest BCUT2D eigenvalue weighted by Crippen LogP contribution is 2.19. The van der Waals surface area contributed by atoms with Crippen molar-refractivity contribution in [2.24, 2.45) is 0 Å². The summed E-state index contributed by atoms with van der Waals surface area (Å²) in [4.78, 5) is 28.1. The molecule has 2 aromatic carbocycles. The van der Waals surface area contributed by atoms with Gasteiger partial charge in [-0.15, -0.1) is 0 Å². The van der Waals surface area contributed by atoms with Gasteiger partial charge >= 0.3 is 12.0 Å². The van der Waals surface area contributed by atoms with Gasteiger partial charge in [0.15, 0.2) is 0 Å². The molecule has 1 aliphatic rings. The van der Waals surface area contributed by atoms with Gasteiger partial charge in [0.2, 0.25) is 0 Å². The van der Waals surface area contributed by atoms with Gasteiger partial charge in [-0.2, -0.15) is 0 Å². The maximum absolute atomic E-state index is 12.4. The van der Waals surface area contributed by atoms with Gasteiger partial charge in [-0.3, -0.25) is 0 Å². The van der Waals surface area contributed by atoms with Gasteiger partial charge < -0.3 is 19.9 Å². The highest BCUT2D eigenvalue weighted by Gasteiger charge is 2.21. The molecule has 1 N–H and O–H groups in total. The Morgan fingerprint density at radius 2 is 1.78 bits per heavy atom. The van der Waals surface area contributed by atoms with E-state index >= 15 is 0 Å². The van der Waals surface area contributed by atoms with Crippen LogP contribution in [-0.4, -0.2) is 49.7 Å². The number of rotatable bonds is 4. The predicted molar refractivity (Wildman–Crippen MR) is 107 cm³/mol. The smallest absolute Gasteiger partial charge is 0.338 e. The minimum atomic E-state index is -0.313. The van der Waals surface area contributed by atoms with E-state index in [-0.39, 0.29) is 12.0 Å². The molecule has 0 bridgehead atoms. The van der Waals surface area contributed by atoms with Crippen molar-refractivity contribution in [3.05, 3.63) is 59.1 Å². The first kappa shape index (κ1) is 19.0. The quantitative estimate of drug-likeness (QED) is 0.809. The number of urea groups is 1. The first-order chi connectivity index (χ1) is 13.1. The monoisotopic (exact) mass is 387 g/mol.